The highest BCUT2D eigenvalue weighted by Crippen LogP contribution is 2.51. The number of rotatable bonds is 7. The first-order chi connectivity index (χ1) is 18.6. The second kappa shape index (κ2) is 10.8. The molecule has 0 bridgehead atoms. The molecule has 1 saturated carbocycles. The molecule has 3 aromatic rings. The minimum atomic E-state index is -0.392. The molecule has 1 aliphatic carbocycles. The number of methoxy groups -OCH3 is 2. The largest absolute Gasteiger partial charge is 0.497 e. The Hall–Kier alpha value is -3.17. The molecule has 5 rings (SSSR count). The first-order valence-electron chi connectivity index (χ1n) is 12.9. The fourth-order valence-corrected chi connectivity index (χ4v) is 6.23. The summed E-state index contributed by atoms with van der Waals surface area (Å²) in [7, 11) is 3.25. The molecule has 2 heterocycles. The lowest BCUT2D eigenvalue weighted by molar-refractivity contribution is -0.123. The number of fused-ring (bicyclic) bond motifs is 1. The Morgan fingerprint density at radius 2 is 1.90 bits per heavy atom. The van der Waals surface area contributed by atoms with Gasteiger partial charge in [-0.25, -0.2) is 4.68 Å². The maximum absolute atomic E-state index is 13.8. The maximum atomic E-state index is 13.8. The molecule has 8 nitrogen and oxygen atoms in total. The molecule has 1 N–H and O–H groups in total. The van der Waals surface area contributed by atoms with Gasteiger partial charge in [0, 0.05) is 22.6 Å². The van der Waals surface area contributed by atoms with Crippen LogP contribution in [0.1, 0.15) is 55.7 Å². The molecule has 0 spiro atoms. The van der Waals surface area contributed by atoms with E-state index in [4.69, 9.17) is 26.2 Å². The van der Waals surface area contributed by atoms with Crippen LogP contribution in [0.15, 0.2) is 42.5 Å². The van der Waals surface area contributed by atoms with Gasteiger partial charge in [0.25, 0.3) is 0 Å². The van der Waals surface area contributed by atoms with Gasteiger partial charge >= 0.3 is 0 Å². The van der Waals surface area contributed by atoms with Crippen LogP contribution in [-0.2, 0) is 15.0 Å². The van der Waals surface area contributed by atoms with Crippen molar-refractivity contribution in [3.8, 4) is 17.2 Å². The summed E-state index contributed by atoms with van der Waals surface area (Å²) in [6.45, 7) is 6.17. The van der Waals surface area contributed by atoms with E-state index >= 15 is 0 Å². The SMILES string of the molecule is COc1ccc(OC)c([C@@H]2SCC(=O)N(CC(=O)NC3CC3)c3c2c(C(C)(C)C)nn3-c2ccccc2Cl)c1. The van der Waals surface area contributed by atoms with Crippen molar-refractivity contribution in [3.63, 3.8) is 0 Å². The maximum Gasteiger partial charge on any atom is 0.240 e. The zero-order valence-electron chi connectivity index (χ0n) is 22.8. The number of halogens is 1. The molecule has 206 valence electrons. The monoisotopic (exact) mass is 568 g/mol. The van der Waals surface area contributed by atoms with Crippen molar-refractivity contribution in [1.82, 2.24) is 15.1 Å². The lowest BCUT2D eigenvalue weighted by Gasteiger charge is -2.25. The number of carbonyl (C=O) groups excluding carboxylic acids is 2. The Bertz CT molecular complexity index is 1410. The molecule has 10 heteroatoms. The topological polar surface area (TPSA) is 85.7 Å². The van der Waals surface area contributed by atoms with Gasteiger partial charge < -0.3 is 14.8 Å². The molecule has 0 saturated heterocycles. The van der Waals surface area contributed by atoms with Crippen LogP contribution in [0.25, 0.3) is 5.69 Å². The van der Waals surface area contributed by atoms with Crippen LogP contribution < -0.4 is 19.7 Å². The molecule has 0 radical (unpaired) electrons. The van der Waals surface area contributed by atoms with Gasteiger partial charge in [-0.15, -0.1) is 11.8 Å². The first kappa shape index (κ1) is 27.4. The second-order valence-corrected chi connectivity index (χ2v) is 12.3. The third kappa shape index (κ3) is 5.47. The van der Waals surface area contributed by atoms with Gasteiger partial charge in [-0.3, -0.25) is 14.5 Å². The normalized spacial score (nSPS) is 17.4. The summed E-state index contributed by atoms with van der Waals surface area (Å²) in [6, 6.07) is 13.2. The Morgan fingerprint density at radius 3 is 2.54 bits per heavy atom. The average molecular weight is 569 g/mol. The summed E-state index contributed by atoms with van der Waals surface area (Å²) in [5, 5.41) is 8.29. The quantitative estimate of drug-likeness (QED) is 0.417. The van der Waals surface area contributed by atoms with E-state index in [9.17, 15) is 9.59 Å². The minimum absolute atomic E-state index is 0.107. The lowest BCUT2D eigenvalue weighted by atomic mass is 9.87. The Kier molecular flexibility index (Phi) is 7.57. The molecule has 1 fully saturated rings. The van der Waals surface area contributed by atoms with E-state index in [1.54, 1.807) is 29.9 Å². The van der Waals surface area contributed by atoms with Gasteiger partial charge in [0.05, 0.1) is 41.6 Å². The summed E-state index contributed by atoms with van der Waals surface area (Å²) in [5.74, 6) is 1.71. The number of thioether (sulfide) groups is 1. The summed E-state index contributed by atoms with van der Waals surface area (Å²) in [4.78, 5) is 28.4. The van der Waals surface area contributed by atoms with Crippen molar-refractivity contribution >= 4 is 41.0 Å². The number of para-hydroxylation sites is 1. The Labute approximate surface area is 238 Å². The molecule has 39 heavy (non-hydrogen) atoms. The van der Waals surface area contributed by atoms with Crippen molar-refractivity contribution in [2.45, 2.75) is 50.3 Å². The van der Waals surface area contributed by atoms with Gasteiger partial charge in [0.2, 0.25) is 11.8 Å². The predicted octanol–water partition coefficient (Wildman–Crippen LogP) is 5.29. The van der Waals surface area contributed by atoms with Crippen LogP contribution in [0, 0.1) is 0 Å². The third-order valence-corrected chi connectivity index (χ3v) is 8.40. The Morgan fingerprint density at radius 1 is 1.15 bits per heavy atom. The minimum Gasteiger partial charge on any atom is -0.497 e. The summed E-state index contributed by atoms with van der Waals surface area (Å²) >= 11 is 8.18. The number of aromatic nitrogens is 2. The molecular weight excluding hydrogens is 536 g/mol. The van der Waals surface area contributed by atoms with Crippen molar-refractivity contribution in [2.24, 2.45) is 0 Å². The average Bonchev–Trinajstić information content (AvgIpc) is 3.65. The molecule has 1 atom stereocenters. The number of amides is 2. The molecule has 0 unspecified atom stereocenters. The van der Waals surface area contributed by atoms with E-state index in [0.29, 0.717) is 28.0 Å². The van der Waals surface area contributed by atoms with Gasteiger partial charge in [-0.05, 0) is 43.2 Å². The molecule has 1 aromatic heterocycles. The number of nitrogens with one attached hydrogen (secondary N) is 1. The predicted molar refractivity (Wildman–Crippen MR) is 155 cm³/mol. The summed E-state index contributed by atoms with van der Waals surface area (Å²) in [5.41, 5.74) is 2.77. The number of ether oxygens (including phenoxy) is 2. The van der Waals surface area contributed by atoms with Crippen LogP contribution in [0.2, 0.25) is 5.02 Å². The number of hydrogen-bond donors (Lipinski definition) is 1. The molecule has 2 aliphatic rings. The molecular formula is C29H33ClN4O4S. The second-order valence-electron chi connectivity index (χ2n) is 10.8. The number of anilines is 1. The van der Waals surface area contributed by atoms with Gasteiger partial charge in [0.1, 0.15) is 23.9 Å². The van der Waals surface area contributed by atoms with Crippen LogP contribution in [0.3, 0.4) is 0 Å². The van der Waals surface area contributed by atoms with E-state index < -0.39 is 5.41 Å². The zero-order chi connectivity index (χ0) is 27.9. The standard InChI is InChI=1S/C29H33ClN4O4S/c1-29(2,3)27-25-26(19-14-18(37-4)12-13-22(19)38-5)39-16-24(36)33(15-23(35)31-17-10-11-17)28(25)34(32-27)21-9-7-6-8-20(21)30/h6-9,12-14,17,26H,10-11,15-16H2,1-5H3,(H,31,35)/t26-/m0/s1. The molecule has 2 amide bonds. The number of carbonyl (C=O) groups is 2. The van der Waals surface area contributed by atoms with Crippen molar-refractivity contribution < 1.29 is 19.1 Å². The van der Waals surface area contributed by atoms with E-state index in [1.165, 1.54) is 11.8 Å². The van der Waals surface area contributed by atoms with E-state index in [1.807, 2.05) is 36.4 Å². The summed E-state index contributed by atoms with van der Waals surface area (Å²) < 4.78 is 13.1. The highest BCUT2D eigenvalue weighted by Gasteiger charge is 2.41. The molecule has 1 aliphatic heterocycles. The highest BCUT2D eigenvalue weighted by atomic mass is 35.5. The van der Waals surface area contributed by atoms with E-state index in [0.717, 1.165) is 29.7 Å². The highest BCUT2D eigenvalue weighted by molar-refractivity contribution is 8.00. The smallest absolute Gasteiger partial charge is 0.240 e. The van der Waals surface area contributed by atoms with Crippen molar-refractivity contribution in [3.05, 3.63) is 64.3 Å². The number of benzene rings is 2. The van der Waals surface area contributed by atoms with E-state index in [2.05, 4.69) is 26.1 Å². The van der Waals surface area contributed by atoms with Crippen molar-refractivity contribution in [2.75, 3.05) is 31.4 Å². The summed E-state index contributed by atoms with van der Waals surface area (Å²) in [6.07, 6.45) is 1.93. The van der Waals surface area contributed by atoms with Crippen LogP contribution in [-0.4, -0.2) is 54.2 Å². The molecule has 2 aromatic carbocycles. The van der Waals surface area contributed by atoms with Crippen molar-refractivity contribution in [1.29, 1.82) is 0 Å². The lowest BCUT2D eigenvalue weighted by Crippen LogP contribution is -2.43. The fourth-order valence-electron chi connectivity index (χ4n) is 4.80. The van der Waals surface area contributed by atoms with Crippen LogP contribution in [0.4, 0.5) is 5.82 Å². The van der Waals surface area contributed by atoms with Gasteiger partial charge in [0.15, 0.2) is 0 Å². The third-order valence-electron chi connectivity index (χ3n) is 6.84. The van der Waals surface area contributed by atoms with E-state index in [-0.39, 0.29) is 35.4 Å². The van der Waals surface area contributed by atoms with Gasteiger partial charge in [-0.1, -0.05) is 44.5 Å². The zero-order valence-corrected chi connectivity index (χ0v) is 24.4. The first-order valence-corrected chi connectivity index (χ1v) is 14.4. The Balaban J connectivity index is 1.79. The van der Waals surface area contributed by atoms with Crippen LogP contribution >= 0.6 is 23.4 Å². The van der Waals surface area contributed by atoms with Gasteiger partial charge in [-0.2, -0.15) is 5.10 Å². The number of hydrogen-bond acceptors (Lipinski definition) is 6. The van der Waals surface area contributed by atoms with Crippen LogP contribution in [0.5, 0.6) is 11.5 Å². The number of nitrogens with zero attached hydrogens (tertiary/aromatic N) is 3. The fraction of sp³-hybridized carbons (Fsp3) is 0.414.